The Balaban J connectivity index is 2.82. The van der Waals surface area contributed by atoms with Gasteiger partial charge < -0.3 is 14.2 Å². The molecule has 0 bridgehead atoms. The molecule has 118 valence electrons. The highest BCUT2D eigenvalue weighted by Gasteiger charge is 2.23. The van der Waals surface area contributed by atoms with Gasteiger partial charge in [0.1, 0.15) is 5.75 Å². The van der Waals surface area contributed by atoms with Crippen molar-refractivity contribution >= 4 is 5.97 Å². The Morgan fingerprint density at radius 2 is 2.05 bits per heavy atom. The average Bonchev–Trinajstić information content (AvgIpc) is 2.44. The van der Waals surface area contributed by atoms with Gasteiger partial charge in [-0.05, 0) is 38.8 Å². The molecular formula is C16H23FO4. The number of esters is 1. The van der Waals surface area contributed by atoms with E-state index in [4.69, 9.17) is 14.2 Å². The van der Waals surface area contributed by atoms with Gasteiger partial charge in [0.25, 0.3) is 0 Å². The summed E-state index contributed by atoms with van der Waals surface area (Å²) in [7, 11) is 1.38. The van der Waals surface area contributed by atoms with Crippen LogP contribution in [0.2, 0.25) is 0 Å². The summed E-state index contributed by atoms with van der Waals surface area (Å²) in [5, 5.41) is 0. The molecule has 0 saturated carbocycles. The van der Waals surface area contributed by atoms with E-state index in [0.717, 1.165) is 12.8 Å². The third-order valence-corrected chi connectivity index (χ3v) is 2.84. The van der Waals surface area contributed by atoms with Gasteiger partial charge in [0.05, 0.1) is 13.2 Å². The highest BCUT2D eigenvalue weighted by molar-refractivity contribution is 5.75. The lowest BCUT2D eigenvalue weighted by molar-refractivity contribution is -0.156. The Bertz CT molecular complexity index is 460. The zero-order valence-corrected chi connectivity index (χ0v) is 13.0. The van der Waals surface area contributed by atoms with Crippen molar-refractivity contribution in [3.05, 3.63) is 24.0 Å². The van der Waals surface area contributed by atoms with Crippen molar-refractivity contribution in [2.24, 2.45) is 0 Å². The molecule has 0 aliphatic carbocycles. The molecule has 0 aliphatic heterocycles. The highest BCUT2D eigenvalue weighted by Crippen LogP contribution is 2.25. The van der Waals surface area contributed by atoms with Crippen LogP contribution in [0.25, 0.3) is 0 Å². The number of ether oxygens (including phenoxy) is 3. The molecule has 0 N–H and O–H groups in total. The lowest BCUT2D eigenvalue weighted by Gasteiger charge is -2.19. The van der Waals surface area contributed by atoms with Crippen molar-refractivity contribution in [1.29, 1.82) is 0 Å². The molecule has 21 heavy (non-hydrogen) atoms. The van der Waals surface area contributed by atoms with Crippen LogP contribution in [0.1, 0.15) is 40.0 Å². The maximum Gasteiger partial charge on any atom is 0.347 e. The first-order chi connectivity index (χ1) is 9.97. The summed E-state index contributed by atoms with van der Waals surface area (Å²) in [5.41, 5.74) is 0. The van der Waals surface area contributed by atoms with E-state index in [0.29, 0.717) is 12.2 Å². The Morgan fingerprint density at radius 3 is 2.62 bits per heavy atom. The SMILES string of the molecule is CCCCC(Oc1ccc(F)c(OC)c1)C(=O)OC(C)C. The van der Waals surface area contributed by atoms with Crippen LogP contribution in [0, 0.1) is 5.82 Å². The molecule has 4 nitrogen and oxygen atoms in total. The first kappa shape index (κ1) is 17.3. The quantitative estimate of drug-likeness (QED) is 0.686. The summed E-state index contributed by atoms with van der Waals surface area (Å²) in [6.45, 7) is 5.61. The summed E-state index contributed by atoms with van der Waals surface area (Å²) < 4.78 is 29.1. The zero-order chi connectivity index (χ0) is 15.8. The van der Waals surface area contributed by atoms with Gasteiger partial charge in [-0.15, -0.1) is 0 Å². The molecule has 5 heteroatoms. The minimum absolute atomic E-state index is 0.0824. The molecule has 1 atom stereocenters. The van der Waals surface area contributed by atoms with Crippen LogP contribution >= 0.6 is 0 Å². The summed E-state index contributed by atoms with van der Waals surface area (Å²) in [4.78, 5) is 12.0. The van der Waals surface area contributed by atoms with E-state index in [1.165, 1.54) is 25.3 Å². The van der Waals surface area contributed by atoms with Crippen LogP contribution in [0.3, 0.4) is 0 Å². The van der Waals surface area contributed by atoms with E-state index in [1.807, 2.05) is 6.92 Å². The molecule has 1 aromatic carbocycles. The number of hydrogen-bond donors (Lipinski definition) is 0. The fourth-order valence-corrected chi connectivity index (χ4v) is 1.80. The van der Waals surface area contributed by atoms with Gasteiger partial charge >= 0.3 is 5.97 Å². The van der Waals surface area contributed by atoms with Crippen LogP contribution in [0.5, 0.6) is 11.5 Å². The highest BCUT2D eigenvalue weighted by atomic mass is 19.1. The summed E-state index contributed by atoms with van der Waals surface area (Å²) >= 11 is 0. The lowest BCUT2D eigenvalue weighted by atomic mass is 10.1. The monoisotopic (exact) mass is 298 g/mol. The van der Waals surface area contributed by atoms with Gasteiger partial charge in [-0.3, -0.25) is 0 Å². The zero-order valence-electron chi connectivity index (χ0n) is 13.0. The molecule has 0 amide bonds. The van der Waals surface area contributed by atoms with Crippen LogP contribution in [0.15, 0.2) is 18.2 Å². The number of carbonyl (C=O) groups excluding carboxylic acids is 1. The summed E-state index contributed by atoms with van der Waals surface area (Å²) in [6, 6.07) is 4.15. The molecule has 0 heterocycles. The Kier molecular flexibility index (Phi) is 6.99. The number of carbonyl (C=O) groups is 1. The minimum atomic E-state index is -0.692. The third kappa shape index (κ3) is 5.61. The number of halogens is 1. The van der Waals surface area contributed by atoms with E-state index < -0.39 is 17.9 Å². The Labute approximate surface area is 125 Å². The smallest absolute Gasteiger partial charge is 0.347 e. The van der Waals surface area contributed by atoms with E-state index >= 15 is 0 Å². The van der Waals surface area contributed by atoms with Crippen LogP contribution in [-0.2, 0) is 9.53 Å². The molecular weight excluding hydrogens is 275 g/mol. The van der Waals surface area contributed by atoms with Crippen molar-refractivity contribution < 1.29 is 23.4 Å². The summed E-state index contributed by atoms with van der Waals surface area (Å²) in [5.74, 6) is -0.407. The van der Waals surface area contributed by atoms with Gasteiger partial charge in [0.15, 0.2) is 17.7 Å². The van der Waals surface area contributed by atoms with Crippen LogP contribution in [-0.4, -0.2) is 25.3 Å². The molecule has 1 unspecified atom stereocenters. The van der Waals surface area contributed by atoms with Gasteiger partial charge in [-0.25, -0.2) is 9.18 Å². The second-order valence-electron chi connectivity index (χ2n) is 5.03. The fraction of sp³-hybridized carbons (Fsp3) is 0.562. The van der Waals surface area contributed by atoms with E-state index in [1.54, 1.807) is 13.8 Å². The molecule has 1 rings (SSSR count). The second-order valence-corrected chi connectivity index (χ2v) is 5.03. The van der Waals surface area contributed by atoms with E-state index in [-0.39, 0.29) is 11.9 Å². The van der Waals surface area contributed by atoms with Gasteiger partial charge in [-0.2, -0.15) is 0 Å². The first-order valence-electron chi connectivity index (χ1n) is 7.18. The molecule has 0 saturated heterocycles. The third-order valence-electron chi connectivity index (χ3n) is 2.84. The van der Waals surface area contributed by atoms with E-state index in [9.17, 15) is 9.18 Å². The molecule has 0 radical (unpaired) electrons. The standard InChI is InChI=1S/C16H23FO4/c1-5-6-7-14(16(18)20-11(2)3)21-12-8-9-13(17)15(10-12)19-4/h8-11,14H,5-7H2,1-4H3. The molecule has 0 spiro atoms. The van der Waals surface area contributed by atoms with Crippen molar-refractivity contribution in [2.75, 3.05) is 7.11 Å². The molecule has 0 aromatic heterocycles. The lowest BCUT2D eigenvalue weighted by Crippen LogP contribution is -2.31. The molecule has 0 aliphatic rings. The number of methoxy groups -OCH3 is 1. The normalized spacial score (nSPS) is 12.1. The summed E-state index contributed by atoms with van der Waals surface area (Å²) in [6.07, 6.45) is 1.45. The van der Waals surface area contributed by atoms with Gasteiger partial charge in [0.2, 0.25) is 0 Å². The number of unbranched alkanes of at least 4 members (excludes halogenated alkanes) is 1. The van der Waals surface area contributed by atoms with Gasteiger partial charge in [-0.1, -0.05) is 13.3 Å². The molecule has 1 aromatic rings. The maximum atomic E-state index is 13.4. The average molecular weight is 298 g/mol. The molecule has 0 fully saturated rings. The number of benzene rings is 1. The predicted molar refractivity (Wildman–Crippen MR) is 78.1 cm³/mol. The van der Waals surface area contributed by atoms with Crippen molar-refractivity contribution in [1.82, 2.24) is 0 Å². The Morgan fingerprint density at radius 1 is 1.33 bits per heavy atom. The van der Waals surface area contributed by atoms with Crippen molar-refractivity contribution in [3.63, 3.8) is 0 Å². The maximum absolute atomic E-state index is 13.4. The predicted octanol–water partition coefficient (Wildman–Crippen LogP) is 3.72. The van der Waals surface area contributed by atoms with Crippen LogP contribution in [0.4, 0.5) is 4.39 Å². The second kappa shape index (κ2) is 8.49. The van der Waals surface area contributed by atoms with Gasteiger partial charge in [0, 0.05) is 6.07 Å². The number of rotatable bonds is 8. The largest absolute Gasteiger partial charge is 0.494 e. The number of hydrogen-bond acceptors (Lipinski definition) is 4. The fourth-order valence-electron chi connectivity index (χ4n) is 1.80. The van der Waals surface area contributed by atoms with Crippen molar-refractivity contribution in [3.8, 4) is 11.5 Å². The van der Waals surface area contributed by atoms with Crippen LogP contribution < -0.4 is 9.47 Å². The minimum Gasteiger partial charge on any atom is -0.494 e. The topological polar surface area (TPSA) is 44.8 Å². The Hall–Kier alpha value is -1.78. The van der Waals surface area contributed by atoms with Crippen molar-refractivity contribution in [2.45, 2.75) is 52.2 Å². The first-order valence-corrected chi connectivity index (χ1v) is 7.18. The van der Waals surface area contributed by atoms with E-state index in [2.05, 4.69) is 0 Å².